The van der Waals surface area contributed by atoms with Gasteiger partial charge in [-0.05, 0) is 12.1 Å². The van der Waals surface area contributed by atoms with Crippen molar-refractivity contribution in [3.63, 3.8) is 0 Å². The zero-order valence-corrected chi connectivity index (χ0v) is 9.10. The Morgan fingerprint density at radius 3 is 2.75 bits per heavy atom. The summed E-state index contributed by atoms with van der Waals surface area (Å²) in [6, 6.07) is 3.01. The van der Waals surface area contributed by atoms with Gasteiger partial charge in [0.15, 0.2) is 13.1 Å². The number of aromatic hydroxyl groups is 1. The quantitative estimate of drug-likeness (QED) is 0.294. The highest BCUT2D eigenvalue weighted by Crippen LogP contribution is 2.34. The van der Waals surface area contributed by atoms with Crippen LogP contribution in [0.2, 0.25) is 0 Å². The van der Waals surface area contributed by atoms with Crippen LogP contribution in [0, 0.1) is 0 Å². The number of benzene rings is 1. The van der Waals surface area contributed by atoms with E-state index in [9.17, 15) is 9.90 Å². The van der Waals surface area contributed by atoms with E-state index in [1.165, 1.54) is 18.2 Å². The van der Waals surface area contributed by atoms with E-state index in [0.29, 0.717) is 17.7 Å². The molecule has 1 aromatic rings. The van der Waals surface area contributed by atoms with Crippen LogP contribution >= 0.6 is 0 Å². The molecule has 0 spiro atoms. The van der Waals surface area contributed by atoms with Crippen LogP contribution in [0.3, 0.4) is 0 Å². The Labute approximate surface area is 93.0 Å². The number of nitrogens with one attached hydrogen (secondary N) is 1. The molecule has 6 nitrogen and oxygen atoms in total. The molecule has 0 radical (unpaired) electrons. The molecule has 0 bridgehead atoms. The van der Waals surface area contributed by atoms with Crippen molar-refractivity contribution >= 4 is 17.7 Å². The molecule has 1 aromatic carbocycles. The number of hydroxylamine groups is 1. The molecular weight excluding hydrogens is 212 g/mol. The van der Waals surface area contributed by atoms with Gasteiger partial charge in [0, 0.05) is 14.1 Å². The molecule has 0 aromatic heterocycles. The smallest absolute Gasteiger partial charge is 0.170 e. The number of carbonyl (C=O) groups is 1. The fraction of sp³-hybridized carbons (Fsp3) is 0.300. The van der Waals surface area contributed by atoms with Gasteiger partial charge in [-0.25, -0.2) is 4.84 Å². The molecule has 0 heterocycles. The second-order valence-corrected chi connectivity index (χ2v) is 3.02. The van der Waals surface area contributed by atoms with Crippen LogP contribution in [0.4, 0.5) is 11.4 Å². The molecule has 0 saturated carbocycles. The van der Waals surface area contributed by atoms with Crippen molar-refractivity contribution in [1.82, 2.24) is 0 Å². The van der Waals surface area contributed by atoms with Crippen LogP contribution in [0.25, 0.3) is 0 Å². The molecule has 0 aliphatic carbocycles. The minimum absolute atomic E-state index is 0.0998. The van der Waals surface area contributed by atoms with E-state index in [1.54, 1.807) is 13.1 Å². The van der Waals surface area contributed by atoms with Gasteiger partial charge < -0.3 is 15.5 Å². The molecule has 0 atom stereocenters. The average molecular weight is 226 g/mol. The molecular formula is C10H14N2O4. The molecule has 0 saturated heterocycles. The third-order valence-electron chi connectivity index (χ3n) is 2.15. The SMILES string of the molecule is CNc1ccc(O)c(C=O)c1N(C)OCO. The van der Waals surface area contributed by atoms with Crippen LogP contribution in [0.15, 0.2) is 12.1 Å². The van der Waals surface area contributed by atoms with Gasteiger partial charge in [-0.3, -0.25) is 9.86 Å². The van der Waals surface area contributed by atoms with Crippen molar-refractivity contribution in [2.24, 2.45) is 0 Å². The number of anilines is 2. The lowest BCUT2D eigenvalue weighted by atomic mass is 10.1. The number of hydrogen-bond acceptors (Lipinski definition) is 6. The summed E-state index contributed by atoms with van der Waals surface area (Å²) in [5, 5.41) is 22.3. The van der Waals surface area contributed by atoms with Gasteiger partial charge in [0.05, 0.1) is 11.3 Å². The zero-order valence-electron chi connectivity index (χ0n) is 9.10. The molecule has 16 heavy (non-hydrogen) atoms. The number of hydrogen-bond donors (Lipinski definition) is 3. The predicted octanol–water partition coefficient (Wildman–Crippen LogP) is 0.564. The topological polar surface area (TPSA) is 82.0 Å². The van der Waals surface area contributed by atoms with Gasteiger partial charge in [-0.1, -0.05) is 0 Å². The number of carbonyl (C=O) groups excluding carboxylic acids is 1. The van der Waals surface area contributed by atoms with Crippen molar-refractivity contribution in [3.8, 4) is 5.75 Å². The second-order valence-electron chi connectivity index (χ2n) is 3.02. The van der Waals surface area contributed by atoms with Crippen LogP contribution in [0.5, 0.6) is 5.75 Å². The normalized spacial score (nSPS) is 9.94. The lowest BCUT2D eigenvalue weighted by Gasteiger charge is -2.22. The molecule has 1 rings (SSSR count). The van der Waals surface area contributed by atoms with E-state index in [2.05, 4.69) is 5.32 Å². The Morgan fingerprint density at radius 2 is 2.25 bits per heavy atom. The third kappa shape index (κ3) is 2.23. The maximum Gasteiger partial charge on any atom is 0.170 e. The third-order valence-corrected chi connectivity index (χ3v) is 2.15. The van der Waals surface area contributed by atoms with E-state index in [4.69, 9.17) is 9.94 Å². The van der Waals surface area contributed by atoms with Crippen LogP contribution in [-0.4, -0.2) is 37.4 Å². The first-order chi connectivity index (χ1) is 7.65. The number of phenols is 1. The largest absolute Gasteiger partial charge is 0.507 e. The number of aliphatic hydroxyl groups is 1. The minimum atomic E-state index is -0.520. The van der Waals surface area contributed by atoms with E-state index in [-0.39, 0.29) is 11.3 Å². The molecule has 3 N–H and O–H groups in total. The Kier molecular flexibility index (Phi) is 4.10. The number of aliphatic hydroxyl groups excluding tert-OH is 1. The highest BCUT2D eigenvalue weighted by Gasteiger charge is 2.16. The summed E-state index contributed by atoms with van der Waals surface area (Å²) in [4.78, 5) is 15.7. The van der Waals surface area contributed by atoms with Crippen molar-refractivity contribution < 1.29 is 19.8 Å². The molecule has 6 heteroatoms. The van der Waals surface area contributed by atoms with Gasteiger partial charge in [0.1, 0.15) is 11.4 Å². The molecule has 0 aliphatic rings. The Morgan fingerprint density at radius 1 is 1.56 bits per heavy atom. The van der Waals surface area contributed by atoms with Gasteiger partial charge in [0.2, 0.25) is 0 Å². The van der Waals surface area contributed by atoms with Gasteiger partial charge in [0.25, 0.3) is 0 Å². The first kappa shape index (κ1) is 12.3. The highest BCUT2D eigenvalue weighted by atomic mass is 16.7. The van der Waals surface area contributed by atoms with E-state index >= 15 is 0 Å². The number of rotatable bonds is 5. The monoisotopic (exact) mass is 226 g/mol. The summed E-state index contributed by atoms with van der Waals surface area (Å²) in [5.41, 5.74) is 1.07. The average Bonchev–Trinajstić information content (AvgIpc) is 2.28. The lowest BCUT2D eigenvalue weighted by molar-refractivity contribution is -0.00932. The summed E-state index contributed by atoms with van der Waals surface area (Å²) in [5.74, 6) is -0.141. The molecule has 0 unspecified atom stereocenters. The van der Waals surface area contributed by atoms with Crippen LogP contribution in [-0.2, 0) is 4.84 Å². The molecule has 0 aliphatic heterocycles. The minimum Gasteiger partial charge on any atom is -0.507 e. The summed E-state index contributed by atoms with van der Waals surface area (Å²) >= 11 is 0. The summed E-state index contributed by atoms with van der Waals surface area (Å²) in [6.07, 6.45) is 0.530. The number of phenolic OH excluding ortho intramolecular Hbond substituents is 1. The maximum atomic E-state index is 10.9. The molecule has 0 amide bonds. The Bertz CT molecular complexity index is 381. The van der Waals surface area contributed by atoms with Gasteiger partial charge in [-0.2, -0.15) is 0 Å². The first-order valence-corrected chi connectivity index (χ1v) is 4.62. The van der Waals surface area contributed by atoms with E-state index in [0.717, 1.165) is 0 Å². The zero-order chi connectivity index (χ0) is 12.1. The molecule has 88 valence electrons. The second kappa shape index (κ2) is 5.34. The first-order valence-electron chi connectivity index (χ1n) is 4.62. The summed E-state index contributed by atoms with van der Waals surface area (Å²) < 4.78 is 0. The number of nitrogens with zero attached hydrogens (tertiary/aromatic N) is 1. The lowest BCUT2D eigenvalue weighted by Crippen LogP contribution is -2.21. The highest BCUT2D eigenvalue weighted by molar-refractivity contribution is 5.93. The van der Waals surface area contributed by atoms with E-state index in [1.807, 2.05) is 0 Å². The number of aldehydes is 1. The fourth-order valence-corrected chi connectivity index (χ4v) is 1.41. The predicted molar refractivity (Wildman–Crippen MR) is 59.6 cm³/mol. The summed E-state index contributed by atoms with van der Waals surface area (Å²) in [7, 11) is 3.20. The van der Waals surface area contributed by atoms with Gasteiger partial charge >= 0.3 is 0 Å². The van der Waals surface area contributed by atoms with Crippen LogP contribution in [0.1, 0.15) is 10.4 Å². The van der Waals surface area contributed by atoms with Crippen molar-refractivity contribution in [1.29, 1.82) is 0 Å². The standard InChI is InChI=1S/C10H14N2O4/c1-11-8-3-4-9(15)7(5-13)10(8)12(2)16-6-14/h3-5,11,14-15H,6H2,1-2H3. The fourth-order valence-electron chi connectivity index (χ4n) is 1.41. The summed E-state index contributed by atoms with van der Waals surface area (Å²) in [6.45, 7) is -0.520. The van der Waals surface area contributed by atoms with Crippen molar-refractivity contribution in [2.45, 2.75) is 0 Å². The van der Waals surface area contributed by atoms with Crippen molar-refractivity contribution in [2.75, 3.05) is 31.3 Å². The van der Waals surface area contributed by atoms with E-state index < -0.39 is 6.79 Å². The van der Waals surface area contributed by atoms with Crippen LogP contribution < -0.4 is 10.4 Å². The Balaban J connectivity index is 3.29. The molecule has 0 fully saturated rings. The van der Waals surface area contributed by atoms with Crippen molar-refractivity contribution in [3.05, 3.63) is 17.7 Å². The Hall–Kier alpha value is -1.79. The van der Waals surface area contributed by atoms with Gasteiger partial charge in [-0.15, -0.1) is 0 Å². The maximum absolute atomic E-state index is 10.9.